The topological polar surface area (TPSA) is 66.8 Å². The molecule has 0 unspecified atom stereocenters. The molecule has 0 saturated carbocycles. The van der Waals surface area contributed by atoms with Crippen LogP contribution < -0.4 is 0 Å². The predicted octanol–water partition coefficient (Wildman–Crippen LogP) is 1.46. The van der Waals surface area contributed by atoms with Gasteiger partial charge in [-0.3, -0.25) is 9.59 Å². The summed E-state index contributed by atoms with van der Waals surface area (Å²) in [6, 6.07) is 5.66. The summed E-state index contributed by atoms with van der Waals surface area (Å²) in [5, 5.41) is 8.99. The summed E-state index contributed by atoms with van der Waals surface area (Å²) in [6.45, 7) is 0.709. The van der Waals surface area contributed by atoms with Gasteiger partial charge in [0.25, 0.3) is 0 Å². The Bertz CT molecular complexity index is 514. The normalized spacial score (nSPS) is 15.7. The number of carbonyl (C=O) groups is 2. The third-order valence-corrected chi connectivity index (χ3v) is 3.50. The van der Waals surface area contributed by atoms with Gasteiger partial charge in [-0.2, -0.15) is 0 Å². The zero-order valence-corrected chi connectivity index (χ0v) is 11.6. The Morgan fingerprint density at radius 2 is 2.05 bits per heavy atom. The number of halogens is 1. The molecule has 114 valence electrons. The number of ether oxygens (including phenoxy) is 1. The van der Waals surface area contributed by atoms with Crippen LogP contribution in [0.25, 0.3) is 0 Å². The number of aliphatic carboxylic acids is 1. The van der Waals surface area contributed by atoms with Gasteiger partial charge in [0.05, 0.1) is 6.42 Å². The lowest BCUT2D eigenvalue weighted by atomic mass is 10.0. The molecule has 1 aromatic rings. The van der Waals surface area contributed by atoms with E-state index in [1.807, 2.05) is 0 Å². The molecule has 1 aliphatic rings. The highest BCUT2D eigenvalue weighted by Gasteiger charge is 2.27. The van der Waals surface area contributed by atoms with E-state index >= 15 is 0 Å². The summed E-state index contributed by atoms with van der Waals surface area (Å²) >= 11 is 0. The molecule has 0 aromatic heterocycles. The maximum atomic E-state index is 13.1. The van der Waals surface area contributed by atoms with E-state index in [1.54, 1.807) is 6.07 Å². The van der Waals surface area contributed by atoms with Crippen LogP contribution in [0.15, 0.2) is 24.3 Å². The van der Waals surface area contributed by atoms with E-state index in [1.165, 1.54) is 23.1 Å². The minimum absolute atomic E-state index is 0.00238. The molecule has 0 radical (unpaired) electrons. The van der Waals surface area contributed by atoms with E-state index in [9.17, 15) is 14.0 Å². The minimum atomic E-state index is -1.05. The number of carboxylic acid groups (broad SMARTS) is 1. The summed E-state index contributed by atoms with van der Waals surface area (Å²) < 4.78 is 18.4. The van der Waals surface area contributed by atoms with Gasteiger partial charge in [0.2, 0.25) is 5.91 Å². The number of carboxylic acids is 1. The van der Waals surface area contributed by atoms with Gasteiger partial charge in [0, 0.05) is 19.3 Å². The fourth-order valence-electron chi connectivity index (χ4n) is 2.49. The van der Waals surface area contributed by atoms with E-state index in [0.717, 1.165) is 0 Å². The minimum Gasteiger partial charge on any atom is -0.480 e. The number of benzene rings is 1. The lowest BCUT2D eigenvalue weighted by Gasteiger charge is -2.33. The smallest absolute Gasteiger partial charge is 0.323 e. The highest BCUT2D eigenvalue weighted by molar-refractivity contribution is 5.83. The molecule has 1 aliphatic heterocycles. The first-order valence-electron chi connectivity index (χ1n) is 6.89. The second-order valence-corrected chi connectivity index (χ2v) is 5.07. The molecule has 2 rings (SSSR count). The molecule has 1 heterocycles. The van der Waals surface area contributed by atoms with Crippen molar-refractivity contribution in [2.24, 2.45) is 0 Å². The Hall–Kier alpha value is -1.95. The van der Waals surface area contributed by atoms with E-state index in [2.05, 4.69) is 0 Å². The third-order valence-electron chi connectivity index (χ3n) is 3.50. The number of nitrogens with zero attached hydrogens (tertiary/aromatic N) is 1. The Morgan fingerprint density at radius 3 is 2.67 bits per heavy atom. The Balaban J connectivity index is 2.07. The van der Waals surface area contributed by atoms with Gasteiger partial charge < -0.3 is 14.7 Å². The van der Waals surface area contributed by atoms with Gasteiger partial charge in [0.15, 0.2) is 0 Å². The van der Waals surface area contributed by atoms with Crippen molar-refractivity contribution in [1.29, 1.82) is 0 Å². The summed E-state index contributed by atoms with van der Waals surface area (Å²) in [5.41, 5.74) is 0.544. The van der Waals surface area contributed by atoms with Crippen molar-refractivity contribution in [1.82, 2.24) is 4.90 Å². The van der Waals surface area contributed by atoms with Crippen molar-refractivity contribution in [2.45, 2.75) is 25.3 Å². The molecule has 1 fully saturated rings. The van der Waals surface area contributed by atoms with Crippen LogP contribution in [0.3, 0.4) is 0 Å². The fraction of sp³-hybridized carbons (Fsp3) is 0.467. The summed E-state index contributed by atoms with van der Waals surface area (Å²) in [5.74, 6) is -1.75. The van der Waals surface area contributed by atoms with Crippen molar-refractivity contribution in [3.63, 3.8) is 0 Å². The Labute approximate surface area is 122 Å². The monoisotopic (exact) mass is 295 g/mol. The molecule has 0 aliphatic carbocycles. The van der Waals surface area contributed by atoms with Crippen LogP contribution in [-0.4, -0.2) is 47.7 Å². The zero-order chi connectivity index (χ0) is 15.2. The third kappa shape index (κ3) is 4.53. The molecule has 1 aromatic carbocycles. The van der Waals surface area contributed by atoms with Crippen molar-refractivity contribution >= 4 is 11.9 Å². The molecule has 1 amide bonds. The van der Waals surface area contributed by atoms with Gasteiger partial charge in [-0.05, 0) is 30.5 Å². The molecule has 1 saturated heterocycles. The number of rotatable bonds is 5. The van der Waals surface area contributed by atoms with Crippen molar-refractivity contribution < 1.29 is 23.8 Å². The molecule has 0 bridgehead atoms. The molecular formula is C15H18FNO4. The summed E-state index contributed by atoms with van der Waals surface area (Å²) in [7, 11) is 0. The second kappa shape index (κ2) is 7.17. The first kappa shape index (κ1) is 15.4. The lowest BCUT2D eigenvalue weighted by Crippen LogP contribution is -2.46. The zero-order valence-electron chi connectivity index (χ0n) is 11.6. The standard InChI is InChI=1S/C15H18FNO4/c16-12-3-1-2-11(8-12)9-14(18)17(10-15(19)20)13-4-6-21-7-5-13/h1-3,8,13H,4-7,9-10H2,(H,19,20). The fourth-order valence-corrected chi connectivity index (χ4v) is 2.49. The maximum Gasteiger partial charge on any atom is 0.323 e. The highest BCUT2D eigenvalue weighted by atomic mass is 19.1. The quantitative estimate of drug-likeness (QED) is 0.893. The highest BCUT2D eigenvalue weighted by Crippen LogP contribution is 2.16. The Morgan fingerprint density at radius 1 is 1.33 bits per heavy atom. The van der Waals surface area contributed by atoms with Gasteiger partial charge in [0.1, 0.15) is 12.4 Å². The number of amides is 1. The molecule has 1 N–H and O–H groups in total. The maximum absolute atomic E-state index is 13.1. The largest absolute Gasteiger partial charge is 0.480 e. The second-order valence-electron chi connectivity index (χ2n) is 5.07. The van der Waals surface area contributed by atoms with Crippen LogP contribution >= 0.6 is 0 Å². The van der Waals surface area contributed by atoms with Gasteiger partial charge >= 0.3 is 5.97 Å². The van der Waals surface area contributed by atoms with E-state index in [4.69, 9.17) is 9.84 Å². The lowest BCUT2D eigenvalue weighted by molar-refractivity contribution is -0.147. The van der Waals surface area contributed by atoms with Crippen LogP contribution in [0.2, 0.25) is 0 Å². The average Bonchev–Trinajstić information content (AvgIpc) is 2.45. The van der Waals surface area contributed by atoms with Crippen molar-refractivity contribution in [3.05, 3.63) is 35.6 Å². The van der Waals surface area contributed by atoms with Gasteiger partial charge in [-0.1, -0.05) is 12.1 Å². The van der Waals surface area contributed by atoms with Crippen LogP contribution in [0, 0.1) is 5.82 Å². The molecular weight excluding hydrogens is 277 g/mol. The SMILES string of the molecule is O=C(O)CN(C(=O)Cc1cccc(F)c1)C1CCOCC1. The Kier molecular flexibility index (Phi) is 5.27. The predicted molar refractivity (Wildman–Crippen MR) is 73.3 cm³/mol. The average molecular weight is 295 g/mol. The van der Waals surface area contributed by atoms with Crippen LogP contribution in [0.5, 0.6) is 0 Å². The first-order valence-corrected chi connectivity index (χ1v) is 6.89. The van der Waals surface area contributed by atoms with Crippen LogP contribution in [0.4, 0.5) is 4.39 Å². The van der Waals surface area contributed by atoms with Crippen LogP contribution in [-0.2, 0) is 20.7 Å². The van der Waals surface area contributed by atoms with E-state index < -0.39 is 11.8 Å². The molecule has 0 spiro atoms. The summed E-state index contributed by atoms with van der Waals surface area (Å²) in [4.78, 5) is 24.7. The van der Waals surface area contributed by atoms with E-state index in [0.29, 0.717) is 31.6 Å². The molecule has 21 heavy (non-hydrogen) atoms. The molecule has 5 nitrogen and oxygen atoms in total. The number of carbonyl (C=O) groups excluding carboxylic acids is 1. The van der Waals surface area contributed by atoms with Crippen molar-refractivity contribution in [2.75, 3.05) is 19.8 Å². The van der Waals surface area contributed by atoms with E-state index in [-0.39, 0.29) is 24.9 Å². The number of hydrogen-bond acceptors (Lipinski definition) is 3. The van der Waals surface area contributed by atoms with Gasteiger partial charge in [-0.25, -0.2) is 4.39 Å². The van der Waals surface area contributed by atoms with Gasteiger partial charge in [-0.15, -0.1) is 0 Å². The van der Waals surface area contributed by atoms with Crippen molar-refractivity contribution in [3.8, 4) is 0 Å². The molecule has 0 atom stereocenters. The molecule has 6 heteroatoms. The van der Waals surface area contributed by atoms with Crippen LogP contribution in [0.1, 0.15) is 18.4 Å². The summed E-state index contributed by atoms with van der Waals surface area (Å²) in [6.07, 6.45) is 1.26. The number of hydrogen-bond donors (Lipinski definition) is 1. The first-order chi connectivity index (χ1) is 10.1.